The summed E-state index contributed by atoms with van der Waals surface area (Å²) in [6, 6.07) is 13.9. The molecule has 2 aromatic rings. The molecule has 0 bridgehead atoms. The molecule has 2 N–H and O–H groups in total. The van der Waals surface area contributed by atoms with Crippen LogP contribution < -0.4 is 14.8 Å². The molecular weight excluding hydrogens is 418 g/mol. The fraction of sp³-hybridized carbons (Fsp3) is 0.409. The number of hydrogen-bond donors (Lipinski definition) is 2. The van der Waals surface area contributed by atoms with E-state index in [1.807, 2.05) is 30.3 Å². The number of carbonyl (C=O) groups is 1. The molecule has 1 aliphatic heterocycles. The lowest BCUT2D eigenvalue weighted by atomic mass is 10.2. The summed E-state index contributed by atoms with van der Waals surface area (Å²) in [6.45, 7) is 6.37. The molecule has 3 rings (SSSR count). The number of aryl methyl sites for hydroxylation is 1. The third-order valence-electron chi connectivity index (χ3n) is 4.98. The molecule has 31 heavy (non-hydrogen) atoms. The smallest absolute Gasteiger partial charge is 0.257 e. The molecule has 8 nitrogen and oxygen atoms in total. The second-order valence-electron chi connectivity index (χ2n) is 7.33. The molecule has 9 heteroatoms. The molecule has 0 unspecified atom stereocenters. The minimum atomic E-state index is -3.65. The third kappa shape index (κ3) is 7.32. The number of morpholine rings is 1. The van der Waals surface area contributed by atoms with Crippen molar-refractivity contribution in [3.8, 4) is 5.75 Å². The number of nitrogens with zero attached hydrogens (tertiary/aromatic N) is 1. The molecule has 0 saturated carbocycles. The van der Waals surface area contributed by atoms with Crippen LogP contribution in [0.1, 0.15) is 11.1 Å². The maximum atomic E-state index is 12.6. The van der Waals surface area contributed by atoms with Gasteiger partial charge in [0.25, 0.3) is 5.91 Å². The van der Waals surface area contributed by atoms with Crippen molar-refractivity contribution in [3.05, 3.63) is 59.7 Å². The Morgan fingerprint density at radius 2 is 1.87 bits per heavy atom. The summed E-state index contributed by atoms with van der Waals surface area (Å²) in [6.07, 6.45) is 0. The first-order chi connectivity index (χ1) is 14.9. The van der Waals surface area contributed by atoms with Gasteiger partial charge in [0.15, 0.2) is 6.61 Å². The highest BCUT2D eigenvalue weighted by molar-refractivity contribution is 7.89. The molecule has 0 radical (unpaired) electrons. The predicted octanol–water partition coefficient (Wildman–Crippen LogP) is 1.30. The molecule has 0 aliphatic carbocycles. The van der Waals surface area contributed by atoms with E-state index < -0.39 is 10.0 Å². The van der Waals surface area contributed by atoms with Gasteiger partial charge in [-0.15, -0.1) is 0 Å². The number of sulfonamides is 1. The SMILES string of the molecule is Cc1cc(S(=O)(=O)NCc2ccccc2)ccc1OCC(=O)NCCN1CCOCC1. The summed E-state index contributed by atoms with van der Waals surface area (Å²) < 4.78 is 38.6. The maximum absolute atomic E-state index is 12.6. The van der Waals surface area contributed by atoms with Gasteiger partial charge < -0.3 is 14.8 Å². The highest BCUT2D eigenvalue weighted by Gasteiger charge is 2.16. The second-order valence-corrected chi connectivity index (χ2v) is 9.10. The Hall–Kier alpha value is -2.46. The van der Waals surface area contributed by atoms with Crippen molar-refractivity contribution < 1.29 is 22.7 Å². The van der Waals surface area contributed by atoms with Crippen LogP contribution in [0.3, 0.4) is 0 Å². The Bertz CT molecular complexity index is 960. The van der Waals surface area contributed by atoms with Crippen molar-refractivity contribution in [1.82, 2.24) is 14.9 Å². The van der Waals surface area contributed by atoms with Gasteiger partial charge >= 0.3 is 0 Å². The van der Waals surface area contributed by atoms with E-state index in [0.29, 0.717) is 17.9 Å². The normalized spacial score (nSPS) is 14.9. The number of rotatable bonds is 10. The van der Waals surface area contributed by atoms with E-state index in [1.165, 1.54) is 6.07 Å². The van der Waals surface area contributed by atoms with E-state index in [4.69, 9.17) is 9.47 Å². The van der Waals surface area contributed by atoms with Gasteiger partial charge in [0, 0.05) is 32.7 Å². The average molecular weight is 448 g/mol. The molecule has 1 amide bonds. The molecule has 1 aliphatic rings. The number of nitrogens with one attached hydrogen (secondary N) is 2. The molecule has 2 aromatic carbocycles. The van der Waals surface area contributed by atoms with Crippen molar-refractivity contribution in [2.24, 2.45) is 0 Å². The summed E-state index contributed by atoms with van der Waals surface area (Å²) in [5.74, 6) is 0.263. The lowest BCUT2D eigenvalue weighted by Gasteiger charge is -2.26. The molecular formula is C22H29N3O5S. The molecule has 1 saturated heterocycles. The van der Waals surface area contributed by atoms with Crippen molar-refractivity contribution >= 4 is 15.9 Å². The highest BCUT2D eigenvalue weighted by atomic mass is 32.2. The summed E-state index contributed by atoms with van der Waals surface area (Å²) in [5.41, 5.74) is 1.52. The zero-order chi connectivity index (χ0) is 22.1. The van der Waals surface area contributed by atoms with E-state index in [-0.39, 0.29) is 24.0 Å². The van der Waals surface area contributed by atoms with Gasteiger partial charge in [-0.25, -0.2) is 13.1 Å². The average Bonchev–Trinajstić information content (AvgIpc) is 2.78. The first-order valence-electron chi connectivity index (χ1n) is 10.3. The van der Waals surface area contributed by atoms with Crippen LogP contribution >= 0.6 is 0 Å². The Morgan fingerprint density at radius 3 is 2.58 bits per heavy atom. The largest absolute Gasteiger partial charge is 0.484 e. The Morgan fingerprint density at radius 1 is 1.13 bits per heavy atom. The van der Waals surface area contributed by atoms with E-state index in [2.05, 4.69) is 14.9 Å². The quantitative estimate of drug-likeness (QED) is 0.570. The standard InChI is InChI=1S/C22H29N3O5S/c1-18-15-20(31(27,28)24-16-19-5-3-2-4-6-19)7-8-21(18)30-17-22(26)23-9-10-25-11-13-29-14-12-25/h2-8,15,24H,9-14,16-17H2,1H3,(H,23,26). The van der Waals surface area contributed by atoms with Gasteiger partial charge in [-0.05, 0) is 36.2 Å². The summed E-state index contributed by atoms with van der Waals surface area (Å²) >= 11 is 0. The van der Waals surface area contributed by atoms with Crippen molar-refractivity contribution in [2.75, 3.05) is 46.0 Å². The monoisotopic (exact) mass is 447 g/mol. The van der Waals surface area contributed by atoms with Crippen LogP contribution in [0, 0.1) is 6.92 Å². The minimum absolute atomic E-state index is 0.123. The predicted molar refractivity (Wildman–Crippen MR) is 117 cm³/mol. The van der Waals surface area contributed by atoms with Gasteiger partial charge in [0.2, 0.25) is 10.0 Å². The van der Waals surface area contributed by atoms with Gasteiger partial charge in [-0.1, -0.05) is 30.3 Å². The first kappa shape index (κ1) is 23.2. The highest BCUT2D eigenvalue weighted by Crippen LogP contribution is 2.22. The van der Waals surface area contributed by atoms with Gasteiger partial charge in [-0.2, -0.15) is 0 Å². The minimum Gasteiger partial charge on any atom is -0.484 e. The van der Waals surface area contributed by atoms with Gasteiger partial charge in [0.05, 0.1) is 18.1 Å². The zero-order valence-corrected chi connectivity index (χ0v) is 18.5. The Kier molecular flexibility index (Phi) is 8.42. The first-order valence-corrected chi connectivity index (χ1v) is 11.8. The number of benzene rings is 2. The summed E-state index contributed by atoms with van der Waals surface area (Å²) in [4.78, 5) is 14.4. The van der Waals surface area contributed by atoms with Crippen molar-refractivity contribution in [1.29, 1.82) is 0 Å². The van der Waals surface area contributed by atoms with Crippen LogP contribution in [0.15, 0.2) is 53.4 Å². The van der Waals surface area contributed by atoms with E-state index in [0.717, 1.165) is 38.4 Å². The third-order valence-corrected chi connectivity index (χ3v) is 6.38. The van der Waals surface area contributed by atoms with Crippen LogP contribution in [-0.4, -0.2) is 65.2 Å². The number of hydrogen-bond acceptors (Lipinski definition) is 6. The number of carbonyl (C=O) groups excluding carboxylic acids is 1. The summed E-state index contributed by atoms with van der Waals surface area (Å²) in [7, 11) is -3.65. The molecule has 1 fully saturated rings. The van der Waals surface area contributed by atoms with Crippen LogP contribution in [-0.2, 0) is 26.1 Å². The maximum Gasteiger partial charge on any atom is 0.257 e. The van der Waals surface area contributed by atoms with Crippen LogP contribution in [0.4, 0.5) is 0 Å². The topological polar surface area (TPSA) is 97.0 Å². The lowest BCUT2D eigenvalue weighted by molar-refractivity contribution is -0.123. The Labute approximate surface area is 183 Å². The fourth-order valence-corrected chi connectivity index (χ4v) is 4.28. The molecule has 168 valence electrons. The van der Waals surface area contributed by atoms with Crippen molar-refractivity contribution in [2.45, 2.75) is 18.4 Å². The van der Waals surface area contributed by atoms with Crippen LogP contribution in [0.25, 0.3) is 0 Å². The molecule has 0 atom stereocenters. The molecule has 0 aromatic heterocycles. The van der Waals surface area contributed by atoms with E-state index in [9.17, 15) is 13.2 Å². The summed E-state index contributed by atoms with van der Waals surface area (Å²) in [5, 5.41) is 2.84. The molecule has 0 spiro atoms. The molecule has 1 heterocycles. The van der Waals surface area contributed by atoms with Crippen LogP contribution in [0.5, 0.6) is 5.75 Å². The van der Waals surface area contributed by atoms with E-state index >= 15 is 0 Å². The van der Waals surface area contributed by atoms with Crippen molar-refractivity contribution in [3.63, 3.8) is 0 Å². The number of ether oxygens (including phenoxy) is 2. The van der Waals surface area contributed by atoms with Crippen LogP contribution in [0.2, 0.25) is 0 Å². The number of amides is 1. The fourth-order valence-electron chi connectivity index (χ4n) is 3.18. The zero-order valence-electron chi connectivity index (χ0n) is 17.7. The van der Waals surface area contributed by atoms with E-state index in [1.54, 1.807) is 19.1 Å². The van der Waals surface area contributed by atoms with Gasteiger partial charge in [-0.3, -0.25) is 9.69 Å². The Balaban J connectivity index is 1.46. The van der Waals surface area contributed by atoms with Gasteiger partial charge in [0.1, 0.15) is 5.75 Å². The second kappa shape index (κ2) is 11.2. The lowest BCUT2D eigenvalue weighted by Crippen LogP contribution is -2.42.